The number of likely N-dealkylation sites (tertiary alicyclic amines) is 1. The Morgan fingerprint density at radius 3 is 2.43 bits per heavy atom. The van der Waals surface area contributed by atoms with E-state index in [1.165, 1.54) is 0 Å². The van der Waals surface area contributed by atoms with Crippen molar-refractivity contribution in [1.82, 2.24) is 29.9 Å². The van der Waals surface area contributed by atoms with Crippen LogP contribution in [0.15, 0.2) is 54.6 Å². The zero-order chi connectivity index (χ0) is 24.4. The maximum absolute atomic E-state index is 12.6. The van der Waals surface area contributed by atoms with Crippen LogP contribution in [0, 0.1) is 11.8 Å². The molecule has 1 saturated heterocycles. The minimum atomic E-state index is -0.289. The smallest absolute Gasteiger partial charge is 0.245 e. The van der Waals surface area contributed by atoms with Crippen molar-refractivity contribution < 1.29 is 9.59 Å². The topological polar surface area (TPSA) is 105 Å². The average molecular weight is 472 g/mol. The van der Waals surface area contributed by atoms with E-state index in [0.717, 1.165) is 36.0 Å². The molecule has 1 fully saturated rings. The van der Waals surface area contributed by atoms with E-state index in [-0.39, 0.29) is 24.7 Å². The van der Waals surface area contributed by atoms with Crippen molar-refractivity contribution in [3.8, 4) is 11.4 Å². The number of amides is 2. The molecule has 2 aromatic heterocycles. The number of rotatable bonds is 6. The predicted octanol–water partition coefficient (Wildman–Crippen LogP) is 3.67. The van der Waals surface area contributed by atoms with Crippen LogP contribution in [0.25, 0.3) is 27.9 Å². The molecule has 0 saturated carbocycles. The van der Waals surface area contributed by atoms with Crippen molar-refractivity contribution in [2.24, 2.45) is 11.8 Å². The molecular formula is C26H29N7O2. The van der Waals surface area contributed by atoms with Crippen molar-refractivity contribution >= 4 is 34.3 Å². The summed E-state index contributed by atoms with van der Waals surface area (Å²) in [4.78, 5) is 36.4. The van der Waals surface area contributed by atoms with E-state index in [1.807, 2.05) is 59.5 Å². The van der Waals surface area contributed by atoms with Crippen LogP contribution in [-0.4, -0.2) is 49.4 Å². The third-order valence-corrected chi connectivity index (χ3v) is 6.31. The Labute approximate surface area is 203 Å². The standard InChI is InChI=1S/C26H29N7O2/c1-17-14-18(2)16-32(15-17)23(35)13-12-22(34)29-30-26-27-21-11-7-6-10-20(21)25-28-24(31-33(25)26)19-8-4-3-5-9-19/h3-11,17-18H,12-16H2,1-2H3,(H,27,30)(H,29,34). The second kappa shape index (κ2) is 9.69. The van der Waals surface area contributed by atoms with Gasteiger partial charge in [-0.05, 0) is 30.4 Å². The van der Waals surface area contributed by atoms with E-state index in [0.29, 0.717) is 29.3 Å². The van der Waals surface area contributed by atoms with Crippen LogP contribution in [0.5, 0.6) is 0 Å². The zero-order valence-electron chi connectivity index (χ0n) is 19.9. The molecular weight excluding hydrogens is 442 g/mol. The van der Waals surface area contributed by atoms with Gasteiger partial charge in [0.15, 0.2) is 11.5 Å². The molecule has 0 bridgehead atoms. The molecule has 9 heteroatoms. The number of fused-ring (bicyclic) bond motifs is 3. The van der Waals surface area contributed by atoms with Gasteiger partial charge in [0.2, 0.25) is 17.8 Å². The lowest BCUT2D eigenvalue weighted by Gasteiger charge is -2.35. The average Bonchev–Trinajstić information content (AvgIpc) is 3.32. The first kappa shape index (κ1) is 22.8. The molecule has 5 rings (SSSR count). The Morgan fingerprint density at radius 1 is 0.943 bits per heavy atom. The van der Waals surface area contributed by atoms with Gasteiger partial charge in [-0.1, -0.05) is 56.3 Å². The number of hydrazine groups is 1. The van der Waals surface area contributed by atoms with Crippen LogP contribution < -0.4 is 10.9 Å². The van der Waals surface area contributed by atoms with Gasteiger partial charge in [0.05, 0.1) is 5.52 Å². The molecule has 1 aliphatic heterocycles. The maximum Gasteiger partial charge on any atom is 0.245 e. The minimum absolute atomic E-state index is 0.0218. The predicted molar refractivity (Wildman–Crippen MR) is 134 cm³/mol. The number of para-hydroxylation sites is 1. The summed E-state index contributed by atoms with van der Waals surface area (Å²) in [7, 11) is 0. The van der Waals surface area contributed by atoms with Crippen LogP contribution in [0.1, 0.15) is 33.1 Å². The summed E-state index contributed by atoms with van der Waals surface area (Å²) >= 11 is 0. The van der Waals surface area contributed by atoms with Crippen LogP contribution >= 0.6 is 0 Å². The Hall–Kier alpha value is -4.01. The lowest BCUT2D eigenvalue weighted by atomic mass is 9.91. The summed E-state index contributed by atoms with van der Waals surface area (Å²) in [6.45, 7) is 5.85. The zero-order valence-corrected chi connectivity index (χ0v) is 19.9. The van der Waals surface area contributed by atoms with Crippen molar-refractivity contribution in [2.45, 2.75) is 33.1 Å². The van der Waals surface area contributed by atoms with Crippen LogP contribution in [0.2, 0.25) is 0 Å². The van der Waals surface area contributed by atoms with Gasteiger partial charge in [-0.25, -0.2) is 9.97 Å². The fraction of sp³-hybridized carbons (Fsp3) is 0.346. The third-order valence-electron chi connectivity index (χ3n) is 6.31. The molecule has 180 valence electrons. The Bertz CT molecular complexity index is 1360. The molecule has 0 radical (unpaired) electrons. The molecule has 0 aliphatic carbocycles. The summed E-state index contributed by atoms with van der Waals surface area (Å²) in [5, 5.41) is 5.49. The third kappa shape index (κ3) is 4.94. The molecule has 1 aliphatic rings. The lowest BCUT2D eigenvalue weighted by Crippen LogP contribution is -2.43. The number of nitrogens with one attached hydrogen (secondary N) is 2. The van der Waals surface area contributed by atoms with Gasteiger partial charge >= 0.3 is 0 Å². The molecule has 3 heterocycles. The van der Waals surface area contributed by atoms with Crippen LogP contribution in [0.4, 0.5) is 5.95 Å². The quantitative estimate of drug-likeness (QED) is 0.416. The van der Waals surface area contributed by atoms with Crippen LogP contribution in [-0.2, 0) is 9.59 Å². The van der Waals surface area contributed by atoms with E-state index in [4.69, 9.17) is 4.98 Å². The SMILES string of the molecule is CC1CC(C)CN(C(=O)CCC(=O)NNc2nc3ccccc3c3nc(-c4ccccc4)nn23)C1. The first-order valence-corrected chi connectivity index (χ1v) is 12.0. The second-order valence-corrected chi connectivity index (χ2v) is 9.41. The number of carbonyl (C=O) groups excluding carboxylic acids is 2. The summed E-state index contributed by atoms with van der Waals surface area (Å²) in [6.07, 6.45) is 1.40. The Morgan fingerprint density at radius 2 is 1.66 bits per heavy atom. The molecule has 4 aromatic rings. The van der Waals surface area contributed by atoms with E-state index < -0.39 is 0 Å². The number of hydrogen-bond donors (Lipinski definition) is 2. The number of anilines is 1. The van der Waals surface area contributed by atoms with Crippen molar-refractivity contribution in [3.63, 3.8) is 0 Å². The molecule has 35 heavy (non-hydrogen) atoms. The molecule has 2 aromatic carbocycles. The highest BCUT2D eigenvalue weighted by molar-refractivity contribution is 5.93. The van der Waals surface area contributed by atoms with Gasteiger partial charge in [-0.3, -0.25) is 20.4 Å². The minimum Gasteiger partial charge on any atom is -0.342 e. The Kier molecular flexibility index (Phi) is 6.31. The fourth-order valence-corrected chi connectivity index (χ4v) is 4.78. The Balaban J connectivity index is 1.31. The first-order chi connectivity index (χ1) is 17.0. The van der Waals surface area contributed by atoms with E-state index >= 15 is 0 Å². The maximum atomic E-state index is 12.6. The molecule has 2 atom stereocenters. The van der Waals surface area contributed by atoms with Crippen molar-refractivity contribution in [1.29, 1.82) is 0 Å². The van der Waals surface area contributed by atoms with Gasteiger partial charge in [0, 0.05) is 36.9 Å². The summed E-state index contributed by atoms with van der Waals surface area (Å²) < 4.78 is 1.59. The van der Waals surface area contributed by atoms with Gasteiger partial charge in [0.25, 0.3) is 0 Å². The number of hydrogen-bond acceptors (Lipinski definition) is 6. The summed E-state index contributed by atoms with van der Waals surface area (Å²) in [5.74, 6) is 1.61. The second-order valence-electron chi connectivity index (χ2n) is 9.41. The molecule has 2 unspecified atom stereocenters. The highest BCUT2D eigenvalue weighted by Gasteiger charge is 2.25. The van der Waals surface area contributed by atoms with Gasteiger partial charge < -0.3 is 4.90 Å². The van der Waals surface area contributed by atoms with E-state index in [2.05, 4.69) is 34.8 Å². The number of piperidine rings is 1. The molecule has 0 spiro atoms. The number of nitrogens with zero attached hydrogens (tertiary/aromatic N) is 5. The van der Waals surface area contributed by atoms with E-state index in [9.17, 15) is 9.59 Å². The summed E-state index contributed by atoms with van der Waals surface area (Å²) in [6, 6.07) is 17.4. The normalized spacial score (nSPS) is 18.1. The van der Waals surface area contributed by atoms with Gasteiger partial charge in [-0.2, -0.15) is 4.52 Å². The molecule has 2 amide bonds. The van der Waals surface area contributed by atoms with E-state index in [1.54, 1.807) is 4.52 Å². The van der Waals surface area contributed by atoms with Crippen LogP contribution in [0.3, 0.4) is 0 Å². The van der Waals surface area contributed by atoms with Crippen molar-refractivity contribution in [2.75, 3.05) is 18.5 Å². The molecule has 9 nitrogen and oxygen atoms in total. The van der Waals surface area contributed by atoms with Gasteiger partial charge in [0.1, 0.15) is 0 Å². The molecule has 2 N–H and O–H groups in total. The van der Waals surface area contributed by atoms with Gasteiger partial charge in [-0.15, -0.1) is 5.10 Å². The first-order valence-electron chi connectivity index (χ1n) is 12.0. The number of carbonyl (C=O) groups is 2. The highest BCUT2D eigenvalue weighted by atomic mass is 16.2. The van der Waals surface area contributed by atoms with Crippen molar-refractivity contribution in [3.05, 3.63) is 54.6 Å². The fourth-order valence-electron chi connectivity index (χ4n) is 4.78. The highest BCUT2D eigenvalue weighted by Crippen LogP contribution is 2.24. The number of benzene rings is 2. The monoisotopic (exact) mass is 471 g/mol. The largest absolute Gasteiger partial charge is 0.342 e. The lowest BCUT2D eigenvalue weighted by molar-refractivity contribution is -0.135. The summed E-state index contributed by atoms with van der Waals surface area (Å²) in [5.41, 5.74) is 7.80. The number of aromatic nitrogens is 4.